The summed E-state index contributed by atoms with van der Waals surface area (Å²) in [4.78, 5) is 0. The van der Waals surface area contributed by atoms with E-state index in [-0.39, 0.29) is 11.1 Å². The lowest BCUT2D eigenvalue weighted by atomic mass is 9.98. The van der Waals surface area contributed by atoms with Gasteiger partial charge in [0.1, 0.15) is 5.75 Å². The Hall–Kier alpha value is -1.65. The highest BCUT2D eigenvalue weighted by Crippen LogP contribution is 2.30. The van der Waals surface area contributed by atoms with E-state index in [0.29, 0.717) is 12.0 Å². The molecule has 0 aliphatic heterocycles. The topological polar surface area (TPSA) is 21.3 Å². The van der Waals surface area contributed by atoms with Gasteiger partial charge in [-0.05, 0) is 42.8 Å². The molecule has 112 valence electrons. The molecule has 1 atom stereocenters. The van der Waals surface area contributed by atoms with Crippen LogP contribution in [0.2, 0.25) is 5.02 Å². The Morgan fingerprint density at radius 2 is 1.86 bits per heavy atom. The van der Waals surface area contributed by atoms with Gasteiger partial charge in [-0.2, -0.15) is 0 Å². The number of ether oxygens (including phenoxy) is 1. The highest BCUT2D eigenvalue weighted by atomic mass is 35.5. The van der Waals surface area contributed by atoms with E-state index >= 15 is 0 Å². The van der Waals surface area contributed by atoms with Gasteiger partial charge in [-0.1, -0.05) is 29.8 Å². The lowest BCUT2D eigenvalue weighted by Crippen LogP contribution is -2.20. The van der Waals surface area contributed by atoms with Gasteiger partial charge >= 0.3 is 0 Å². The molecule has 0 aromatic heterocycles. The van der Waals surface area contributed by atoms with Crippen LogP contribution in [0.1, 0.15) is 17.2 Å². The minimum absolute atomic E-state index is 0.197. The zero-order valence-electron chi connectivity index (χ0n) is 11.8. The summed E-state index contributed by atoms with van der Waals surface area (Å²) in [6.45, 7) is 0. The fourth-order valence-electron chi connectivity index (χ4n) is 2.26. The van der Waals surface area contributed by atoms with Crippen LogP contribution in [0.15, 0.2) is 36.4 Å². The average molecular weight is 312 g/mol. The SMILES string of the molecule is CNC(Cc1ccccc1OC)c1cc(F)c(F)cc1Cl. The molecule has 0 aliphatic rings. The van der Waals surface area contributed by atoms with Crippen molar-refractivity contribution in [3.8, 4) is 5.75 Å². The van der Waals surface area contributed by atoms with Crippen LogP contribution >= 0.6 is 11.6 Å². The highest BCUT2D eigenvalue weighted by Gasteiger charge is 2.18. The Kier molecular flexibility index (Phi) is 5.15. The Morgan fingerprint density at radius 1 is 1.19 bits per heavy atom. The van der Waals surface area contributed by atoms with Crippen LogP contribution in [0.3, 0.4) is 0 Å². The van der Waals surface area contributed by atoms with E-state index in [4.69, 9.17) is 16.3 Å². The molecule has 0 saturated carbocycles. The second-order valence-electron chi connectivity index (χ2n) is 4.65. The number of rotatable bonds is 5. The van der Waals surface area contributed by atoms with Crippen LogP contribution in [-0.4, -0.2) is 14.2 Å². The number of benzene rings is 2. The molecule has 2 rings (SSSR count). The van der Waals surface area contributed by atoms with Gasteiger partial charge < -0.3 is 10.1 Å². The maximum atomic E-state index is 13.5. The third-order valence-electron chi connectivity index (χ3n) is 3.38. The lowest BCUT2D eigenvalue weighted by Gasteiger charge is -2.19. The van der Waals surface area contributed by atoms with Crippen LogP contribution in [-0.2, 0) is 6.42 Å². The summed E-state index contributed by atoms with van der Waals surface area (Å²) in [5.74, 6) is -1.11. The molecule has 0 amide bonds. The van der Waals surface area contributed by atoms with Crippen LogP contribution in [0, 0.1) is 11.6 Å². The molecule has 0 bridgehead atoms. The van der Waals surface area contributed by atoms with Gasteiger partial charge in [-0.3, -0.25) is 0 Å². The summed E-state index contributed by atoms with van der Waals surface area (Å²) in [7, 11) is 3.34. The lowest BCUT2D eigenvalue weighted by molar-refractivity contribution is 0.406. The van der Waals surface area contributed by atoms with E-state index in [2.05, 4.69) is 5.32 Å². The maximum absolute atomic E-state index is 13.5. The molecule has 0 aliphatic carbocycles. The summed E-state index contributed by atoms with van der Waals surface area (Å²) < 4.78 is 31.9. The molecule has 0 radical (unpaired) electrons. The van der Waals surface area contributed by atoms with Crippen LogP contribution < -0.4 is 10.1 Å². The summed E-state index contributed by atoms with van der Waals surface area (Å²) >= 11 is 6.04. The minimum Gasteiger partial charge on any atom is -0.496 e. The predicted molar refractivity (Wildman–Crippen MR) is 79.9 cm³/mol. The standard InChI is InChI=1S/C16H16ClF2NO/c1-20-15(7-10-5-3-4-6-16(10)21-2)11-8-13(18)14(19)9-12(11)17/h3-6,8-9,15,20H,7H2,1-2H3. The first-order valence-electron chi connectivity index (χ1n) is 6.50. The van der Waals surface area contributed by atoms with Gasteiger partial charge in [0.05, 0.1) is 7.11 Å². The molecule has 2 nitrogen and oxygen atoms in total. The van der Waals surface area contributed by atoms with E-state index in [9.17, 15) is 8.78 Å². The predicted octanol–water partition coefficient (Wildman–Crippen LogP) is 4.13. The van der Waals surface area contributed by atoms with E-state index in [1.807, 2.05) is 24.3 Å². The van der Waals surface area contributed by atoms with Gasteiger partial charge in [0, 0.05) is 11.1 Å². The van der Waals surface area contributed by atoms with Gasteiger partial charge in [0.15, 0.2) is 11.6 Å². The van der Waals surface area contributed by atoms with Gasteiger partial charge in [-0.25, -0.2) is 8.78 Å². The zero-order valence-corrected chi connectivity index (χ0v) is 12.5. The average Bonchev–Trinajstić information content (AvgIpc) is 2.49. The fraction of sp³-hybridized carbons (Fsp3) is 0.250. The Labute approximate surface area is 127 Å². The van der Waals surface area contributed by atoms with E-state index in [1.165, 1.54) is 0 Å². The molecule has 2 aromatic carbocycles. The second-order valence-corrected chi connectivity index (χ2v) is 5.05. The van der Waals surface area contributed by atoms with Crippen molar-refractivity contribution >= 4 is 11.6 Å². The number of methoxy groups -OCH3 is 1. The molecule has 5 heteroatoms. The number of nitrogens with one attached hydrogen (secondary N) is 1. The Bertz CT molecular complexity index is 634. The van der Waals surface area contributed by atoms with Gasteiger partial charge in [0.25, 0.3) is 0 Å². The summed E-state index contributed by atoms with van der Waals surface area (Å²) in [5.41, 5.74) is 1.48. The van der Waals surface area contributed by atoms with Crippen LogP contribution in [0.25, 0.3) is 0 Å². The molecular formula is C16H16ClF2NO. The van der Waals surface area contributed by atoms with Crippen LogP contribution in [0.4, 0.5) is 8.78 Å². The molecule has 0 saturated heterocycles. The Balaban J connectivity index is 2.34. The second kappa shape index (κ2) is 6.87. The number of likely N-dealkylation sites (N-methyl/N-ethyl adjacent to an activating group) is 1. The third-order valence-corrected chi connectivity index (χ3v) is 3.71. The van der Waals surface area contributed by atoms with Gasteiger partial charge in [-0.15, -0.1) is 0 Å². The first-order valence-corrected chi connectivity index (χ1v) is 6.88. The number of para-hydroxylation sites is 1. The van der Waals surface area contributed by atoms with Crippen molar-refractivity contribution in [2.75, 3.05) is 14.2 Å². The highest BCUT2D eigenvalue weighted by molar-refractivity contribution is 6.31. The number of hydrogen-bond acceptors (Lipinski definition) is 2. The van der Waals surface area contributed by atoms with E-state index in [1.54, 1.807) is 14.2 Å². The summed E-state index contributed by atoms with van der Waals surface area (Å²) in [5, 5.41) is 3.27. The summed E-state index contributed by atoms with van der Waals surface area (Å²) in [6.07, 6.45) is 0.547. The number of hydrogen-bond donors (Lipinski definition) is 1. The van der Waals surface area contributed by atoms with Crippen molar-refractivity contribution in [3.63, 3.8) is 0 Å². The molecular weight excluding hydrogens is 296 g/mol. The van der Waals surface area contributed by atoms with Crippen molar-refractivity contribution in [1.82, 2.24) is 5.32 Å². The normalized spacial score (nSPS) is 12.2. The molecule has 0 heterocycles. The Morgan fingerprint density at radius 3 is 2.52 bits per heavy atom. The van der Waals surface area contributed by atoms with Crippen molar-refractivity contribution in [2.24, 2.45) is 0 Å². The first-order chi connectivity index (χ1) is 10.1. The molecule has 0 fully saturated rings. The monoisotopic (exact) mass is 311 g/mol. The van der Waals surface area contributed by atoms with Crippen molar-refractivity contribution in [3.05, 3.63) is 64.2 Å². The molecule has 1 N–H and O–H groups in total. The molecule has 21 heavy (non-hydrogen) atoms. The van der Waals surface area contributed by atoms with Crippen LogP contribution in [0.5, 0.6) is 5.75 Å². The zero-order chi connectivity index (χ0) is 15.4. The van der Waals surface area contributed by atoms with Crippen molar-refractivity contribution in [1.29, 1.82) is 0 Å². The van der Waals surface area contributed by atoms with Crippen molar-refractivity contribution < 1.29 is 13.5 Å². The van der Waals surface area contributed by atoms with E-state index in [0.717, 1.165) is 23.4 Å². The van der Waals surface area contributed by atoms with E-state index < -0.39 is 11.6 Å². The fourth-order valence-corrected chi connectivity index (χ4v) is 2.55. The summed E-state index contributed by atoms with van der Waals surface area (Å²) in [6, 6.07) is 9.45. The minimum atomic E-state index is -0.948. The molecule has 1 unspecified atom stereocenters. The first kappa shape index (κ1) is 15.7. The van der Waals surface area contributed by atoms with Gasteiger partial charge in [0.2, 0.25) is 0 Å². The number of halogens is 3. The molecule has 0 spiro atoms. The van der Waals surface area contributed by atoms with Crippen molar-refractivity contribution in [2.45, 2.75) is 12.5 Å². The maximum Gasteiger partial charge on any atom is 0.160 e. The molecule has 2 aromatic rings. The smallest absolute Gasteiger partial charge is 0.160 e. The third kappa shape index (κ3) is 3.52. The quantitative estimate of drug-likeness (QED) is 0.838. The largest absolute Gasteiger partial charge is 0.496 e.